The molecule has 1 aromatic carbocycles. The summed E-state index contributed by atoms with van der Waals surface area (Å²) in [5, 5.41) is 7.83. The molecule has 0 saturated heterocycles. The average Bonchev–Trinajstić information content (AvgIpc) is 2.06. The second kappa shape index (κ2) is 14.8. The third-order valence-corrected chi connectivity index (χ3v) is 1.36. The SMILES string of the molecule is CC=CC(=O)O.Sc1ccccc1.[NaH].[NaH]. The number of allylic oxidation sites excluding steroid dienone is 1. The zero-order chi connectivity index (χ0) is 10.1. The normalized spacial score (nSPS) is 7.87. The van der Waals surface area contributed by atoms with Crippen molar-refractivity contribution in [2.24, 2.45) is 0 Å². The molecule has 0 amide bonds. The van der Waals surface area contributed by atoms with Crippen LogP contribution in [-0.4, -0.2) is 70.2 Å². The molecule has 0 fully saturated rings. The van der Waals surface area contributed by atoms with E-state index in [9.17, 15) is 4.79 Å². The van der Waals surface area contributed by atoms with Crippen molar-refractivity contribution in [3.63, 3.8) is 0 Å². The van der Waals surface area contributed by atoms with Crippen LogP contribution in [-0.2, 0) is 4.79 Å². The topological polar surface area (TPSA) is 37.3 Å². The van der Waals surface area contributed by atoms with Crippen molar-refractivity contribution in [3.05, 3.63) is 42.5 Å². The van der Waals surface area contributed by atoms with Crippen molar-refractivity contribution in [3.8, 4) is 0 Å². The first-order chi connectivity index (χ1) is 6.16. The van der Waals surface area contributed by atoms with Gasteiger partial charge in [-0.05, 0) is 19.1 Å². The molecule has 0 aliphatic rings. The van der Waals surface area contributed by atoms with Gasteiger partial charge in [0, 0.05) is 11.0 Å². The summed E-state index contributed by atoms with van der Waals surface area (Å²) >= 11 is 4.08. The molecule has 15 heavy (non-hydrogen) atoms. The second-order valence-corrected chi connectivity index (χ2v) is 2.69. The van der Waals surface area contributed by atoms with Crippen molar-refractivity contribution in [1.29, 1.82) is 0 Å². The number of thiol groups is 1. The predicted molar refractivity (Wildman–Crippen MR) is 70.4 cm³/mol. The zero-order valence-corrected chi connectivity index (χ0v) is 8.24. The van der Waals surface area contributed by atoms with Gasteiger partial charge < -0.3 is 5.11 Å². The van der Waals surface area contributed by atoms with Gasteiger partial charge in [0.15, 0.2) is 0 Å². The molecular formula is C10H14Na2O2S. The van der Waals surface area contributed by atoms with E-state index in [-0.39, 0.29) is 59.1 Å². The van der Waals surface area contributed by atoms with Gasteiger partial charge in [-0.25, -0.2) is 4.79 Å². The summed E-state index contributed by atoms with van der Waals surface area (Å²) in [6.45, 7) is 1.66. The Morgan fingerprint density at radius 3 is 1.87 bits per heavy atom. The number of benzene rings is 1. The van der Waals surface area contributed by atoms with Crippen LogP contribution in [0.25, 0.3) is 0 Å². The Bertz CT molecular complexity index is 276. The Hall–Kier alpha value is 0.780. The molecule has 0 radical (unpaired) electrons. The van der Waals surface area contributed by atoms with Crippen molar-refractivity contribution in [1.82, 2.24) is 0 Å². The van der Waals surface area contributed by atoms with Crippen LogP contribution in [0.1, 0.15) is 6.92 Å². The molecule has 5 heteroatoms. The molecule has 0 atom stereocenters. The van der Waals surface area contributed by atoms with Crippen LogP contribution in [0.2, 0.25) is 0 Å². The summed E-state index contributed by atoms with van der Waals surface area (Å²) in [7, 11) is 0. The Balaban J connectivity index is -0.000000172. The van der Waals surface area contributed by atoms with E-state index in [1.165, 1.54) is 6.08 Å². The molecule has 0 heterocycles. The molecule has 1 aromatic rings. The van der Waals surface area contributed by atoms with Crippen LogP contribution >= 0.6 is 12.6 Å². The molecule has 0 saturated carbocycles. The summed E-state index contributed by atoms with van der Waals surface area (Å²) in [5.74, 6) is -0.891. The van der Waals surface area contributed by atoms with Crippen LogP contribution in [0.15, 0.2) is 47.4 Å². The number of carboxylic acids is 1. The summed E-state index contributed by atoms with van der Waals surface area (Å²) in [4.78, 5) is 10.5. The Labute approximate surface area is 140 Å². The molecule has 0 aliphatic heterocycles. The molecule has 0 bridgehead atoms. The Morgan fingerprint density at radius 2 is 1.73 bits per heavy atom. The number of aliphatic carboxylic acids is 1. The second-order valence-electron chi connectivity index (χ2n) is 2.17. The van der Waals surface area contributed by atoms with Gasteiger partial charge in [0.25, 0.3) is 0 Å². The van der Waals surface area contributed by atoms with Gasteiger partial charge in [-0.1, -0.05) is 24.3 Å². The van der Waals surface area contributed by atoms with E-state index < -0.39 is 5.97 Å². The Morgan fingerprint density at radius 1 is 1.27 bits per heavy atom. The Kier molecular flexibility index (Phi) is 20.8. The molecule has 0 aromatic heterocycles. The number of rotatable bonds is 1. The van der Waals surface area contributed by atoms with E-state index in [2.05, 4.69) is 12.6 Å². The number of carbonyl (C=O) groups is 1. The number of carboxylic acid groups (broad SMARTS) is 1. The maximum atomic E-state index is 9.51. The van der Waals surface area contributed by atoms with E-state index in [1.54, 1.807) is 6.92 Å². The van der Waals surface area contributed by atoms with Crippen LogP contribution in [0.4, 0.5) is 0 Å². The molecule has 0 spiro atoms. The summed E-state index contributed by atoms with van der Waals surface area (Å²) in [5.41, 5.74) is 0. The van der Waals surface area contributed by atoms with Crippen LogP contribution in [0, 0.1) is 0 Å². The molecule has 0 aliphatic carbocycles. The standard InChI is InChI=1S/C6H6S.C4H6O2.2Na.2H/c7-6-4-2-1-3-5-6;1-2-3-4(5)6;;;;/h1-5,7H;2-3H,1H3,(H,5,6);;;;. The molecule has 1 rings (SSSR count). The van der Waals surface area contributed by atoms with Gasteiger partial charge in [-0.3, -0.25) is 0 Å². The fourth-order valence-corrected chi connectivity index (χ4v) is 0.743. The molecule has 2 nitrogen and oxygen atoms in total. The van der Waals surface area contributed by atoms with Gasteiger partial charge >= 0.3 is 65.1 Å². The quantitative estimate of drug-likeness (QED) is 0.444. The minimum atomic E-state index is -0.891. The van der Waals surface area contributed by atoms with Gasteiger partial charge in [0.1, 0.15) is 0 Å². The summed E-state index contributed by atoms with van der Waals surface area (Å²) in [6.07, 6.45) is 2.56. The number of hydrogen-bond donors (Lipinski definition) is 2. The first-order valence-electron chi connectivity index (χ1n) is 3.76. The van der Waals surface area contributed by atoms with Gasteiger partial charge in [-0.2, -0.15) is 0 Å². The van der Waals surface area contributed by atoms with Gasteiger partial charge in [-0.15, -0.1) is 12.6 Å². The van der Waals surface area contributed by atoms with E-state index in [1.807, 2.05) is 30.3 Å². The summed E-state index contributed by atoms with van der Waals surface area (Å²) < 4.78 is 0. The van der Waals surface area contributed by atoms with Crippen molar-refractivity contribution in [2.75, 3.05) is 0 Å². The van der Waals surface area contributed by atoms with Gasteiger partial charge in [0.2, 0.25) is 0 Å². The first kappa shape index (κ1) is 21.1. The van der Waals surface area contributed by atoms with Crippen molar-refractivity contribution in [2.45, 2.75) is 11.8 Å². The average molecular weight is 244 g/mol. The van der Waals surface area contributed by atoms with Crippen LogP contribution < -0.4 is 0 Å². The van der Waals surface area contributed by atoms with E-state index in [0.29, 0.717) is 0 Å². The minimum absolute atomic E-state index is 0. The first-order valence-corrected chi connectivity index (χ1v) is 4.21. The molecule has 1 N–H and O–H groups in total. The monoisotopic (exact) mass is 244 g/mol. The van der Waals surface area contributed by atoms with E-state index in [4.69, 9.17) is 5.11 Å². The maximum absolute atomic E-state index is 9.51. The van der Waals surface area contributed by atoms with Crippen molar-refractivity contribution >= 4 is 77.7 Å². The predicted octanol–water partition coefficient (Wildman–Crippen LogP) is 1.33. The van der Waals surface area contributed by atoms with E-state index >= 15 is 0 Å². The zero-order valence-electron chi connectivity index (χ0n) is 7.34. The molecule has 0 unspecified atom stereocenters. The van der Waals surface area contributed by atoms with Crippen LogP contribution in [0.3, 0.4) is 0 Å². The summed E-state index contributed by atoms with van der Waals surface area (Å²) in [6, 6.07) is 9.79. The number of hydrogen-bond acceptors (Lipinski definition) is 2. The fourth-order valence-electron chi connectivity index (χ4n) is 0.571. The van der Waals surface area contributed by atoms with Crippen LogP contribution in [0.5, 0.6) is 0 Å². The van der Waals surface area contributed by atoms with Gasteiger partial charge in [0.05, 0.1) is 0 Å². The third kappa shape index (κ3) is 17.4. The third-order valence-electron chi connectivity index (χ3n) is 1.07. The molecule has 74 valence electrons. The molecular weight excluding hydrogens is 230 g/mol. The fraction of sp³-hybridized carbons (Fsp3) is 0.100. The van der Waals surface area contributed by atoms with Crippen molar-refractivity contribution < 1.29 is 9.90 Å². The van der Waals surface area contributed by atoms with E-state index in [0.717, 1.165) is 11.0 Å².